The van der Waals surface area contributed by atoms with Crippen molar-refractivity contribution in [3.05, 3.63) is 29.8 Å². The minimum atomic E-state index is -0.911. The topological polar surface area (TPSA) is 58.6 Å². The molecule has 2 N–H and O–H groups in total. The molecule has 1 saturated carbocycles. The first-order chi connectivity index (χ1) is 10.3. The molecule has 0 aliphatic heterocycles. The summed E-state index contributed by atoms with van der Waals surface area (Å²) in [4.78, 5) is 10.7. The van der Waals surface area contributed by atoms with Gasteiger partial charge in [-0.1, -0.05) is 32.1 Å². The Kier molecular flexibility index (Phi) is 6.54. The van der Waals surface area contributed by atoms with Crippen molar-refractivity contribution >= 4 is 5.97 Å². The van der Waals surface area contributed by atoms with E-state index in [4.69, 9.17) is 9.84 Å². The zero-order valence-electron chi connectivity index (χ0n) is 12.5. The number of carboxylic acid groups (broad SMARTS) is 1. The van der Waals surface area contributed by atoms with Gasteiger partial charge in [0.05, 0.1) is 5.56 Å². The Balaban J connectivity index is 1.54. The van der Waals surface area contributed by atoms with E-state index in [1.807, 2.05) is 0 Å². The standard InChI is InChI=1S/C17H25NO3/c19-17(20)15-6-8-16(9-7-15)21-13-12-18-11-10-14-4-2-1-3-5-14/h6-9,14,18H,1-5,10-13H2,(H,19,20). The van der Waals surface area contributed by atoms with Crippen molar-refractivity contribution in [2.45, 2.75) is 38.5 Å². The van der Waals surface area contributed by atoms with Crippen LogP contribution in [0, 0.1) is 5.92 Å². The number of hydrogen-bond acceptors (Lipinski definition) is 3. The van der Waals surface area contributed by atoms with E-state index in [1.54, 1.807) is 24.3 Å². The Morgan fingerprint density at radius 2 is 1.86 bits per heavy atom. The Hall–Kier alpha value is -1.55. The lowest BCUT2D eigenvalue weighted by Crippen LogP contribution is -2.24. The highest BCUT2D eigenvalue weighted by Gasteiger charge is 2.12. The number of carbonyl (C=O) groups is 1. The molecule has 0 aromatic heterocycles. The zero-order chi connectivity index (χ0) is 14.9. The quantitative estimate of drug-likeness (QED) is 0.721. The number of benzene rings is 1. The number of nitrogens with one attached hydrogen (secondary N) is 1. The Labute approximate surface area is 126 Å². The van der Waals surface area contributed by atoms with Crippen LogP contribution in [0.2, 0.25) is 0 Å². The van der Waals surface area contributed by atoms with Gasteiger partial charge in [-0.2, -0.15) is 0 Å². The summed E-state index contributed by atoms with van der Waals surface area (Å²) in [7, 11) is 0. The van der Waals surface area contributed by atoms with E-state index < -0.39 is 5.97 Å². The molecule has 0 bridgehead atoms. The second-order valence-corrected chi connectivity index (χ2v) is 5.72. The number of hydrogen-bond donors (Lipinski definition) is 2. The first kappa shape index (κ1) is 15.8. The molecular formula is C17H25NO3. The van der Waals surface area contributed by atoms with Gasteiger partial charge >= 0.3 is 5.97 Å². The largest absolute Gasteiger partial charge is 0.492 e. The molecule has 0 atom stereocenters. The second kappa shape index (κ2) is 8.67. The van der Waals surface area contributed by atoms with Crippen LogP contribution in [0.3, 0.4) is 0 Å². The van der Waals surface area contributed by atoms with E-state index in [0.717, 1.165) is 19.0 Å². The summed E-state index contributed by atoms with van der Waals surface area (Å²) in [5.41, 5.74) is 0.285. The van der Waals surface area contributed by atoms with Crippen LogP contribution in [0.15, 0.2) is 24.3 Å². The third-order valence-electron chi connectivity index (χ3n) is 4.10. The fraction of sp³-hybridized carbons (Fsp3) is 0.588. The van der Waals surface area contributed by atoms with E-state index in [1.165, 1.54) is 38.5 Å². The molecule has 0 unspecified atom stereocenters. The van der Waals surface area contributed by atoms with Crippen LogP contribution in [-0.4, -0.2) is 30.8 Å². The van der Waals surface area contributed by atoms with Gasteiger partial charge in [0.25, 0.3) is 0 Å². The second-order valence-electron chi connectivity index (χ2n) is 5.72. The van der Waals surface area contributed by atoms with Gasteiger partial charge in [-0.05, 0) is 43.1 Å². The van der Waals surface area contributed by atoms with Crippen molar-refractivity contribution in [2.24, 2.45) is 5.92 Å². The van der Waals surface area contributed by atoms with E-state index in [2.05, 4.69) is 5.32 Å². The molecule has 4 nitrogen and oxygen atoms in total. The molecule has 1 aromatic carbocycles. The van der Waals surface area contributed by atoms with E-state index >= 15 is 0 Å². The minimum absolute atomic E-state index is 0.285. The van der Waals surface area contributed by atoms with Crippen molar-refractivity contribution in [3.8, 4) is 5.75 Å². The summed E-state index contributed by atoms with van der Waals surface area (Å²) < 4.78 is 5.58. The summed E-state index contributed by atoms with van der Waals surface area (Å²) in [6.07, 6.45) is 8.29. The van der Waals surface area contributed by atoms with Gasteiger partial charge in [-0.3, -0.25) is 0 Å². The summed E-state index contributed by atoms with van der Waals surface area (Å²) in [6, 6.07) is 6.53. The Bertz CT molecular complexity index is 424. The molecule has 0 amide bonds. The summed E-state index contributed by atoms with van der Waals surface area (Å²) in [5, 5.41) is 12.2. The van der Waals surface area contributed by atoms with Gasteiger partial charge in [-0.25, -0.2) is 4.79 Å². The smallest absolute Gasteiger partial charge is 0.335 e. The molecule has 1 aliphatic carbocycles. The Morgan fingerprint density at radius 1 is 1.14 bits per heavy atom. The van der Waals surface area contributed by atoms with Crippen LogP contribution in [0.25, 0.3) is 0 Å². The third kappa shape index (κ3) is 5.76. The maximum absolute atomic E-state index is 10.7. The molecular weight excluding hydrogens is 266 g/mol. The fourth-order valence-electron chi connectivity index (χ4n) is 2.84. The SMILES string of the molecule is O=C(O)c1ccc(OCCNCCC2CCCCC2)cc1. The lowest BCUT2D eigenvalue weighted by Gasteiger charge is -2.21. The van der Waals surface area contributed by atoms with E-state index in [-0.39, 0.29) is 5.56 Å². The lowest BCUT2D eigenvalue weighted by atomic mass is 9.87. The minimum Gasteiger partial charge on any atom is -0.492 e. The average molecular weight is 291 g/mol. The van der Waals surface area contributed by atoms with Crippen molar-refractivity contribution < 1.29 is 14.6 Å². The molecule has 4 heteroatoms. The molecule has 0 spiro atoms. The highest BCUT2D eigenvalue weighted by molar-refractivity contribution is 5.87. The first-order valence-electron chi connectivity index (χ1n) is 7.92. The van der Waals surface area contributed by atoms with Crippen LogP contribution < -0.4 is 10.1 Å². The molecule has 21 heavy (non-hydrogen) atoms. The fourth-order valence-corrected chi connectivity index (χ4v) is 2.84. The summed E-state index contributed by atoms with van der Waals surface area (Å²) in [5.74, 6) is 0.718. The van der Waals surface area contributed by atoms with E-state index in [0.29, 0.717) is 12.4 Å². The van der Waals surface area contributed by atoms with Crippen LogP contribution in [0.1, 0.15) is 48.9 Å². The molecule has 0 radical (unpaired) electrons. The molecule has 2 rings (SSSR count). The van der Waals surface area contributed by atoms with Crippen molar-refractivity contribution in [1.29, 1.82) is 0 Å². The summed E-state index contributed by atoms with van der Waals surface area (Å²) in [6.45, 7) is 2.50. The predicted molar refractivity (Wildman–Crippen MR) is 83.0 cm³/mol. The number of rotatable bonds is 8. The van der Waals surface area contributed by atoms with Crippen LogP contribution in [0.5, 0.6) is 5.75 Å². The van der Waals surface area contributed by atoms with E-state index in [9.17, 15) is 4.79 Å². The lowest BCUT2D eigenvalue weighted by molar-refractivity contribution is 0.0697. The highest BCUT2D eigenvalue weighted by atomic mass is 16.5. The highest BCUT2D eigenvalue weighted by Crippen LogP contribution is 2.25. The van der Waals surface area contributed by atoms with Gasteiger partial charge in [0, 0.05) is 6.54 Å². The maximum atomic E-state index is 10.7. The van der Waals surface area contributed by atoms with Crippen molar-refractivity contribution in [3.63, 3.8) is 0 Å². The van der Waals surface area contributed by atoms with Gasteiger partial charge in [0.2, 0.25) is 0 Å². The number of carboxylic acids is 1. The molecule has 1 aliphatic rings. The van der Waals surface area contributed by atoms with Crippen LogP contribution in [-0.2, 0) is 0 Å². The van der Waals surface area contributed by atoms with Crippen molar-refractivity contribution in [1.82, 2.24) is 5.32 Å². The van der Waals surface area contributed by atoms with Gasteiger partial charge in [0.15, 0.2) is 0 Å². The molecule has 0 heterocycles. The zero-order valence-corrected chi connectivity index (χ0v) is 12.5. The van der Waals surface area contributed by atoms with Crippen LogP contribution in [0.4, 0.5) is 0 Å². The van der Waals surface area contributed by atoms with Crippen molar-refractivity contribution in [2.75, 3.05) is 19.7 Å². The monoisotopic (exact) mass is 291 g/mol. The maximum Gasteiger partial charge on any atom is 0.335 e. The normalized spacial score (nSPS) is 15.8. The first-order valence-corrected chi connectivity index (χ1v) is 7.92. The number of ether oxygens (including phenoxy) is 1. The van der Waals surface area contributed by atoms with Crippen LogP contribution >= 0.6 is 0 Å². The molecule has 0 saturated heterocycles. The van der Waals surface area contributed by atoms with Gasteiger partial charge in [0.1, 0.15) is 12.4 Å². The third-order valence-corrected chi connectivity index (χ3v) is 4.10. The Morgan fingerprint density at radius 3 is 2.52 bits per heavy atom. The number of aromatic carboxylic acids is 1. The van der Waals surface area contributed by atoms with Gasteiger partial charge < -0.3 is 15.2 Å². The molecule has 1 aromatic rings. The molecule has 116 valence electrons. The molecule has 1 fully saturated rings. The summed E-state index contributed by atoms with van der Waals surface area (Å²) >= 11 is 0. The average Bonchev–Trinajstić information content (AvgIpc) is 2.52. The predicted octanol–water partition coefficient (Wildman–Crippen LogP) is 3.32. The van der Waals surface area contributed by atoms with Gasteiger partial charge in [-0.15, -0.1) is 0 Å².